The summed E-state index contributed by atoms with van der Waals surface area (Å²) in [5, 5.41) is 9.96. The molecule has 0 radical (unpaired) electrons. The highest BCUT2D eigenvalue weighted by Gasteiger charge is 2.38. The fourth-order valence-corrected chi connectivity index (χ4v) is 2.74. The van der Waals surface area contributed by atoms with Crippen molar-refractivity contribution in [1.82, 2.24) is 4.90 Å². The molecule has 2 fully saturated rings. The van der Waals surface area contributed by atoms with Crippen molar-refractivity contribution in [1.29, 1.82) is 0 Å². The second-order valence-corrected chi connectivity index (χ2v) is 5.72. The number of rotatable bonds is 5. The summed E-state index contributed by atoms with van der Waals surface area (Å²) in [7, 11) is 0. The lowest BCUT2D eigenvalue weighted by Crippen LogP contribution is -2.42. The number of hydrogen-bond acceptors (Lipinski definition) is 2. The first-order valence-electron chi connectivity index (χ1n) is 6.62. The largest absolute Gasteiger partial charge is 0.391 e. The highest BCUT2D eigenvalue weighted by atomic mass is 16.3. The van der Waals surface area contributed by atoms with Crippen molar-refractivity contribution in [3.63, 3.8) is 0 Å². The van der Waals surface area contributed by atoms with Crippen molar-refractivity contribution in [3.8, 4) is 0 Å². The molecule has 0 bridgehead atoms. The quantitative estimate of drug-likeness (QED) is 0.755. The molecule has 88 valence electrons. The van der Waals surface area contributed by atoms with E-state index in [0.29, 0.717) is 6.04 Å². The van der Waals surface area contributed by atoms with Gasteiger partial charge in [-0.05, 0) is 51.0 Å². The third-order valence-corrected chi connectivity index (χ3v) is 3.85. The molecule has 2 unspecified atom stereocenters. The summed E-state index contributed by atoms with van der Waals surface area (Å²) >= 11 is 0. The van der Waals surface area contributed by atoms with E-state index in [1.165, 1.54) is 38.6 Å². The third kappa shape index (κ3) is 2.94. The maximum absolute atomic E-state index is 9.96. The van der Waals surface area contributed by atoms with Crippen molar-refractivity contribution in [2.24, 2.45) is 5.92 Å². The van der Waals surface area contributed by atoms with E-state index >= 15 is 0 Å². The van der Waals surface area contributed by atoms with Gasteiger partial charge in [0.15, 0.2) is 0 Å². The lowest BCUT2D eigenvalue weighted by atomic mass is 10.1. The fraction of sp³-hybridized carbons (Fsp3) is 1.00. The summed E-state index contributed by atoms with van der Waals surface area (Å²) in [6.45, 7) is 5.77. The highest BCUT2D eigenvalue weighted by Crippen LogP contribution is 2.34. The van der Waals surface area contributed by atoms with Gasteiger partial charge in [0, 0.05) is 12.1 Å². The van der Waals surface area contributed by atoms with Crippen LogP contribution in [0.5, 0.6) is 0 Å². The van der Waals surface area contributed by atoms with E-state index in [1.54, 1.807) is 0 Å². The van der Waals surface area contributed by atoms with Crippen LogP contribution in [0.2, 0.25) is 0 Å². The number of aliphatic hydroxyl groups is 1. The van der Waals surface area contributed by atoms with Gasteiger partial charge < -0.3 is 5.11 Å². The zero-order valence-corrected chi connectivity index (χ0v) is 10.2. The predicted octanol–water partition coefficient (Wildman–Crippen LogP) is 2.41. The van der Waals surface area contributed by atoms with Gasteiger partial charge in [-0.1, -0.05) is 13.8 Å². The molecule has 1 N–H and O–H groups in total. The lowest BCUT2D eigenvalue weighted by Gasteiger charge is -2.31. The minimum atomic E-state index is -0.0437. The molecule has 0 amide bonds. The fourth-order valence-electron chi connectivity index (χ4n) is 2.74. The molecular formula is C13H25NO. The Bertz CT molecular complexity index is 201. The van der Waals surface area contributed by atoms with Gasteiger partial charge in [-0.3, -0.25) is 4.90 Å². The van der Waals surface area contributed by atoms with Crippen LogP contribution in [0, 0.1) is 5.92 Å². The second kappa shape index (κ2) is 4.84. The van der Waals surface area contributed by atoms with Gasteiger partial charge >= 0.3 is 0 Å². The maximum Gasteiger partial charge on any atom is 0.0695 e. The van der Waals surface area contributed by atoms with Crippen molar-refractivity contribution >= 4 is 0 Å². The van der Waals surface area contributed by atoms with Crippen LogP contribution >= 0.6 is 0 Å². The standard InChI is InChI=1S/C13H25NO/c1-10(2)8-9-14(11-6-7-11)12-4-3-5-13(12)15/h10-13,15H,3-9H2,1-2H3. The van der Waals surface area contributed by atoms with Crippen LogP contribution in [-0.4, -0.2) is 34.7 Å². The van der Waals surface area contributed by atoms with E-state index < -0.39 is 0 Å². The number of nitrogens with zero attached hydrogens (tertiary/aromatic N) is 1. The predicted molar refractivity (Wildman–Crippen MR) is 62.8 cm³/mol. The number of hydrogen-bond donors (Lipinski definition) is 1. The SMILES string of the molecule is CC(C)CCN(C1CC1)C1CCCC1O. The molecule has 0 aromatic heterocycles. The molecule has 2 saturated carbocycles. The van der Waals surface area contributed by atoms with Gasteiger partial charge in [-0.15, -0.1) is 0 Å². The van der Waals surface area contributed by atoms with Crippen molar-refractivity contribution in [2.75, 3.05) is 6.54 Å². The Balaban J connectivity index is 1.87. The Morgan fingerprint density at radius 2 is 1.93 bits per heavy atom. The molecule has 2 aliphatic carbocycles. The van der Waals surface area contributed by atoms with E-state index in [0.717, 1.165) is 18.4 Å². The van der Waals surface area contributed by atoms with Gasteiger partial charge in [-0.25, -0.2) is 0 Å². The Morgan fingerprint density at radius 1 is 1.20 bits per heavy atom. The van der Waals surface area contributed by atoms with E-state index in [4.69, 9.17) is 0 Å². The Labute approximate surface area is 93.7 Å². The normalized spacial score (nSPS) is 31.8. The van der Waals surface area contributed by atoms with Crippen LogP contribution in [0.1, 0.15) is 52.4 Å². The van der Waals surface area contributed by atoms with Gasteiger partial charge in [0.05, 0.1) is 6.10 Å². The van der Waals surface area contributed by atoms with Crippen molar-refractivity contribution < 1.29 is 5.11 Å². The summed E-state index contributed by atoms with van der Waals surface area (Å²) in [5.74, 6) is 0.782. The molecule has 15 heavy (non-hydrogen) atoms. The van der Waals surface area contributed by atoms with Crippen molar-refractivity contribution in [3.05, 3.63) is 0 Å². The summed E-state index contributed by atoms with van der Waals surface area (Å²) in [6.07, 6.45) is 7.42. The highest BCUT2D eigenvalue weighted by molar-refractivity contribution is 4.94. The molecule has 0 spiro atoms. The molecule has 0 aromatic carbocycles. The minimum Gasteiger partial charge on any atom is -0.391 e. The summed E-state index contributed by atoms with van der Waals surface area (Å²) in [4.78, 5) is 2.61. The first-order valence-corrected chi connectivity index (χ1v) is 6.62. The van der Waals surface area contributed by atoms with Crippen LogP contribution in [0.4, 0.5) is 0 Å². The summed E-state index contributed by atoms with van der Waals surface area (Å²) in [6, 6.07) is 1.29. The Hall–Kier alpha value is -0.0800. The van der Waals surface area contributed by atoms with Crippen LogP contribution in [0.3, 0.4) is 0 Å². The smallest absolute Gasteiger partial charge is 0.0695 e. The maximum atomic E-state index is 9.96. The van der Waals surface area contributed by atoms with Gasteiger partial charge in [0.2, 0.25) is 0 Å². The van der Waals surface area contributed by atoms with E-state index in [9.17, 15) is 5.11 Å². The average Bonchev–Trinajstić information content (AvgIpc) is 2.92. The zero-order valence-electron chi connectivity index (χ0n) is 10.2. The Kier molecular flexibility index (Phi) is 3.68. The summed E-state index contributed by atoms with van der Waals surface area (Å²) in [5.41, 5.74) is 0. The van der Waals surface area contributed by atoms with E-state index in [2.05, 4.69) is 18.7 Å². The molecule has 0 heterocycles. The van der Waals surface area contributed by atoms with E-state index in [-0.39, 0.29) is 6.10 Å². The lowest BCUT2D eigenvalue weighted by molar-refractivity contribution is 0.0625. The summed E-state index contributed by atoms with van der Waals surface area (Å²) < 4.78 is 0. The van der Waals surface area contributed by atoms with Crippen LogP contribution in [0.25, 0.3) is 0 Å². The number of aliphatic hydroxyl groups excluding tert-OH is 1. The van der Waals surface area contributed by atoms with Crippen LogP contribution in [0.15, 0.2) is 0 Å². The first kappa shape index (κ1) is 11.4. The molecule has 2 nitrogen and oxygen atoms in total. The van der Waals surface area contributed by atoms with Gasteiger partial charge in [0.1, 0.15) is 0 Å². The van der Waals surface area contributed by atoms with E-state index in [1.807, 2.05) is 0 Å². The van der Waals surface area contributed by atoms with Gasteiger partial charge in [0.25, 0.3) is 0 Å². The van der Waals surface area contributed by atoms with Crippen LogP contribution < -0.4 is 0 Å². The molecule has 2 atom stereocenters. The first-order chi connectivity index (χ1) is 7.18. The van der Waals surface area contributed by atoms with Gasteiger partial charge in [-0.2, -0.15) is 0 Å². The molecule has 0 saturated heterocycles. The zero-order chi connectivity index (χ0) is 10.8. The third-order valence-electron chi connectivity index (χ3n) is 3.85. The minimum absolute atomic E-state index is 0.0437. The van der Waals surface area contributed by atoms with Crippen molar-refractivity contribution in [2.45, 2.75) is 70.6 Å². The Morgan fingerprint density at radius 3 is 2.40 bits per heavy atom. The topological polar surface area (TPSA) is 23.5 Å². The van der Waals surface area contributed by atoms with Crippen LogP contribution in [-0.2, 0) is 0 Å². The molecule has 2 aliphatic rings. The molecule has 2 rings (SSSR count). The monoisotopic (exact) mass is 211 g/mol. The average molecular weight is 211 g/mol. The second-order valence-electron chi connectivity index (χ2n) is 5.72. The molecule has 2 heteroatoms. The molecule has 0 aliphatic heterocycles. The molecular weight excluding hydrogens is 186 g/mol. The molecule has 0 aromatic rings.